The summed E-state index contributed by atoms with van der Waals surface area (Å²) in [5, 5.41) is 3.55. The van der Waals surface area contributed by atoms with Gasteiger partial charge in [0.2, 0.25) is 0 Å². The van der Waals surface area contributed by atoms with Gasteiger partial charge in [0, 0.05) is 43.8 Å². The molecule has 0 amide bonds. The van der Waals surface area contributed by atoms with Crippen LogP contribution in [0.1, 0.15) is 36.9 Å². The van der Waals surface area contributed by atoms with Crippen LogP contribution in [0, 0.1) is 0 Å². The van der Waals surface area contributed by atoms with Crippen molar-refractivity contribution in [2.24, 2.45) is 0 Å². The Morgan fingerprint density at radius 1 is 1.14 bits per heavy atom. The van der Waals surface area contributed by atoms with Gasteiger partial charge in [-0.2, -0.15) is 0 Å². The molecule has 1 N–H and O–H groups in total. The lowest BCUT2D eigenvalue weighted by Crippen LogP contribution is -2.19. The van der Waals surface area contributed by atoms with Gasteiger partial charge in [-0.3, -0.25) is 4.98 Å². The second-order valence-corrected chi connectivity index (χ2v) is 5.75. The first kappa shape index (κ1) is 14.1. The van der Waals surface area contributed by atoms with E-state index >= 15 is 0 Å². The number of rotatable bonds is 5. The van der Waals surface area contributed by atoms with Crippen molar-refractivity contribution in [1.82, 2.24) is 10.3 Å². The van der Waals surface area contributed by atoms with Gasteiger partial charge in [0.1, 0.15) is 0 Å². The van der Waals surface area contributed by atoms with Crippen molar-refractivity contribution in [3.05, 3.63) is 59.9 Å². The van der Waals surface area contributed by atoms with Gasteiger partial charge < -0.3 is 10.2 Å². The predicted molar refractivity (Wildman–Crippen MR) is 87.4 cm³/mol. The highest BCUT2D eigenvalue weighted by Crippen LogP contribution is 2.20. The van der Waals surface area contributed by atoms with Gasteiger partial charge in [0.15, 0.2) is 0 Å². The Kier molecular flexibility index (Phi) is 4.51. The van der Waals surface area contributed by atoms with Crippen molar-refractivity contribution in [2.45, 2.75) is 32.4 Å². The molecule has 1 atom stereocenters. The van der Waals surface area contributed by atoms with Crippen molar-refractivity contribution >= 4 is 5.69 Å². The zero-order valence-corrected chi connectivity index (χ0v) is 12.6. The molecule has 110 valence electrons. The summed E-state index contributed by atoms with van der Waals surface area (Å²) in [5.74, 6) is 0. The SMILES string of the molecule is C[C@H](NCc1ccc(N2CCCC2)cc1)c1cccnc1. The Bertz CT molecular complexity index is 544. The largest absolute Gasteiger partial charge is 0.372 e. The van der Waals surface area contributed by atoms with Crippen LogP contribution in [-0.2, 0) is 6.54 Å². The molecule has 21 heavy (non-hydrogen) atoms. The minimum absolute atomic E-state index is 0.317. The first-order chi connectivity index (χ1) is 10.3. The van der Waals surface area contributed by atoms with Crippen molar-refractivity contribution in [3.8, 4) is 0 Å². The van der Waals surface area contributed by atoms with Crippen molar-refractivity contribution in [3.63, 3.8) is 0 Å². The van der Waals surface area contributed by atoms with E-state index in [0.29, 0.717) is 6.04 Å². The number of nitrogens with zero attached hydrogens (tertiary/aromatic N) is 2. The third-order valence-electron chi connectivity index (χ3n) is 4.20. The van der Waals surface area contributed by atoms with E-state index in [0.717, 1.165) is 6.54 Å². The fraction of sp³-hybridized carbons (Fsp3) is 0.389. The van der Waals surface area contributed by atoms with Crippen LogP contribution in [0.4, 0.5) is 5.69 Å². The van der Waals surface area contributed by atoms with Crippen molar-refractivity contribution < 1.29 is 0 Å². The van der Waals surface area contributed by atoms with Gasteiger partial charge in [-0.15, -0.1) is 0 Å². The molecule has 3 heteroatoms. The Morgan fingerprint density at radius 3 is 2.57 bits per heavy atom. The van der Waals surface area contributed by atoms with E-state index in [2.05, 4.69) is 52.5 Å². The highest BCUT2D eigenvalue weighted by molar-refractivity contribution is 5.48. The van der Waals surface area contributed by atoms with Crippen LogP contribution in [-0.4, -0.2) is 18.1 Å². The van der Waals surface area contributed by atoms with Crippen LogP contribution in [0.25, 0.3) is 0 Å². The van der Waals surface area contributed by atoms with Gasteiger partial charge in [0.05, 0.1) is 0 Å². The molecule has 0 spiro atoms. The molecule has 3 nitrogen and oxygen atoms in total. The normalized spacial score (nSPS) is 16.1. The summed E-state index contributed by atoms with van der Waals surface area (Å²) in [7, 11) is 0. The molecular formula is C18H23N3. The molecule has 1 saturated heterocycles. The molecule has 0 bridgehead atoms. The zero-order chi connectivity index (χ0) is 14.5. The molecule has 1 fully saturated rings. The quantitative estimate of drug-likeness (QED) is 0.908. The minimum atomic E-state index is 0.317. The fourth-order valence-corrected chi connectivity index (χ4v) is 2.82. The maximum Gasteiger partial charge on any atom is 0.0366 e. The number of hydrogen-bond acceptors (Lipinski definition) is 3. The predicted octanol–water partition coefficient (Wildman–Crippen LogP) is 3.53. The lowest BCUT2D eigenvalue weighted by Gasteiger charge is -2.18. The highest BCUT2D eigenvalue weighted by atomic mass is 15.1. The Morgan fingerprint density at radius 2 is 1.90 bits per heavy atom. The number of benzene rings is 1. The van der Waals surface area contributed by atoms with Crippen molar-refractivity contribution in [1.29, 1.82) is 0 Å². The monoisotopic (exact) mass is 281 g/mol. The standard InChI is InChI=1S/C18H23N3/c1-15(17-5-4-10-19-14-17)20-13-16-6-8-18(9-7-16)21-11-2-3-12-21/h4-10,14-15,20H,2-3,11-13H2,1H3/t15-/m0/s1. The molecule has 2 aromatic rings. The lowest BCUT2D eigenvalue weighted by molar-refractivity contribution is 0.573. The van der Waals surface area contributed by atoms with Crippen LogP contribution < -0.4 is 10.2 Å². The molecule has 3 rings (SSSR count). The Balaban J connectivity index is 1.55. The summed E-state index contributed by atoms with van der Waals surface area (Å²) in [6, 6.07) is 13.4. The van der Waals surface area contributed by atoms with E-state index in [1.165, 1.54) is 42.7 Å². The second-order valence-electron chi connectivity index (χ2n) is 5.75. The van der Waals surface area contributed by atoms with E-state index in [-0.39, 0.29) is 0 Å². The lowest BCUT2D eigenvalue weighted by atomic mass is 10.1. The summed E-state index contributed by atoms with van der Waals surface area (Å²) >= 11 is 0. The number of hydrogen-bond donors (Lipinski definition) is 1. The summed E-state index contributed by atoms with van der Waals surface area (Å²) in [6.07, 6.45) is 6.39. The molecule has 1 aliphatic rings. The second kappa shape index (κ2) is 6.72. The topological polar surface area (TPSA) is 28.2 Å². The molecule has 1 aromatic carbocycles. The third-order valence-corrected chi connectivity index (χ3v) is 4.20. The molecule has 0 aliphatic carbocycles. The molecule has 1 aromatic heterocycles. The Hall–Kier alpha value is -1.87. The van der Waals surface area contributed by atoms with Gasteiger partial charge in [-0.25, -0.2) is 0 Å². The first-order valence-corrected chi connectivity index (χ1v) is 7.80. The molecule has 0 unspecified atom stereocenters. The van der Waals surface area contributed by atoms with Crippen LogP contribution in [0.3, 0.4) is 0 Å². The van der Waals surface area contributed by atoms with E-state index in [1.54, 1.807) is 0 Å². The molecular weight excluding hydrogens is 258 g/mol. The summed E-state index contributed by atoms with van der Waals surface area (Å²) in [6.45, 7) is 5.47. The number of anilines is 1. The van der Waals surface area contributed by atoms with Gasteiger partial charge >= 0.3 is 0 Å². The molecule has 1 aliphatic heterocycles. The van der Waals surface area contributed by atoms with Crippen LogP contribution in [0.15, 0.2) is 48.8 Å². The minimum Gasteiger partial charge on any atom is -0.372 e. The summed E-state index contributed by atoms with van der Waals surface area (Å²) < 4.78 is 0. The highest BCUT2D eigenvalue weighted by Gasteiger charge is 2.11. The molecule has 0 radical (unpaired) electrons. The fourth-order valence-electron chi connectivity index (χ4n) is 2.82. The average molecular weight is 281 g/mol. The average Bonchev–Trinajstić information content (AvgIpc) is 3.08. The van der Waals surface area contributed by atoms with Crippen molar-refractivity contribution in [2.75, 3.05) is 18.0 Å². The van der Waals surface area contributed by atoms with Gasteiger partial charge in [-0.1, -0.05) is 18.2 Å². The van der Waals surface area contributed by atoms with E-state index < -0.39 is 0 Å². The van der Waals surface area contributed by atoms with E-state index in [9.17, 15) is 0 Å². The molecule has 2 heterocycles. The number of pyridine rings is 1. The summed E-state index contributed by atoms with van der Waals surface area (Å²) in [4.78, 5) is 6.64. The Labute approximate surface area is 127 Å². The first-order valence-electron chi connectivity index (χ1n) is 7.80. The van der Waals surface area contributed by atoms with Gasteiger partial charge in [-0.05, 0) is 49.1 Å². The zero-order valence-electron chi connectivity index (χ0n) is 12.6. The van der Waals surface area contributed by atoms with Crippen LogP contribution in [0.5, 0.6) is 0 Å². The van der Waals surface area contributed by atoms with E-state index in [4.69, 9.17) is 0 Å². The van der Waals surface area contributed by atoms with E-state index in [1.807, 2.05) is 18.5 Å². The van der Waals surface area contributed by atoms with Crippen LogP contribution >= 0.6 is 0 Å². The van der Waals surface area contributed by atoms with Gasteiger partial charge in [0.25, 0.3) is 0 Å². The summed E-state index contributed by atoms with van der Waals surface area (Å²) in [5.41, 5.74) is 3.91. The smallest absolute Gasteiger partial charge is 0.0366 e. The maximum atomic E-state index is 4.17. The molecule has 0 saturated carbocycles. The number of nitrogens with one attached hydrogen (secondary N) is 1. The third kappa shape index (κ3) is 3.61. The maximum absolute atomic E-state index is 4.17. The van der Waals surface area contributed by atoms with Crippen LogP contribution in [0.2, 0.25) is 0 Å². The number of aromatic nitrogens is 1.